The van der Waals surface area contributed by atoms with Gasteiger partial charge in [-0.3, -0.25) is 0 Å². The molecule has 19 heavy (non-hydrogen) atoms. The molecule has 0 atom stereocenters. The van der Waals surface area contributed by atoms with Crippen molar-refractivity contribution in [1.29, 1.82) is 0 Å². The van der Waals surface area contributed by atoms with E-state index in [1.807, 2.05) is 31.2 Å². The summed E-state index contributed by atoms with van der Waals surface area (Å²) in [5.41, 5.74) is 0.740. The summed E-state index contributed by atoms with van der Waals surface area (Å²) in [7, 11) is 1.61. The lowest BCUT2D eigenvalue weighted by Crippen LogP contribution is -2.25. The molecular weight excluding hydrogens is 250 g/mol. The Balaban J connectivity index is 2.49. The Bertz CT molecular complexity index is 559. The number of aromatic nitrogens is 2. The molecule has 0 fully saturated rings. The summed E-state index contributed by atoms with van der Waals surface area (Å²) < 4.78 is 25.0. The molecule has 1 aromatic carbocycles. The smallest absolute Gasteiger partial charge is 0.255 e. The van der Waals surface area contributed by atoms with E-state index in [0.717, 1.165) is 10.9 Å². The third-order valence-corrected chi connectivity index (χ3v) is 2.69. The molecule has 2 aromatic rings. The van der Waals surface area contributed by atoms with Gasteiger partial charge in [-0.1, -0.05) is 12.1 Å². The van der Waals surface area contributed by atoms with E-state index in [9.17, 15) is 8.78 Å². The molecule has 4 nitrogen and oxygen atoms in total. The lowest BCUT2D eigenvalue weighted by atomic mass is 10.2. The number of rotatable bonds is 5. The highest BCUT2D eigenvalue weighted by Crippen LogP contribution is 2.24. The van der Waals surface area contributed by atoms with Crippen LogP contribution in [0.3, 0.4) is 0 Å². The summed E-state index contributed by atoms with van der Waals surface area (Å²) in [5, 5.41) is 3.78. The molecule has 0 saturated heterocycles. The number of para-hydroxylation sites is 1. The molecule has 1 heterocycles. The number of anilines is 2. The molecule has 0 aliphatic heterocycles. The minimum Gasteiger partial charge on any atom is -0.354 e. The van der Waals surface area contributed by atoms with Crippen LogP contribution in [0, 0.1) is 0 Å². The second-order valence-corrected chi connectivity index (χ2v) is 4.19. The molecule has 1 N–H and O–H groups in total. The van der Waals surface area contributed by atoms with Crippen molar-refractivity contribution in [2.45, 2.75) is 13.3 Å². The van der Waals surface area contributed by atoms with Crippen molar-refractivity contribution in [3.63, 3.8) is 0 Å². The first-order chi connectivity index (χ1) is 9.11. The van der Waals surface area contributed by atoms with Crippen LogP contribution in [0.2, 0.25) is 0 Å². The Morgan fingerprint density at radius 2 is 2.00 bits per heavy atom. The van der Waals surface area contributed by atoms with Gasteiger partial charge in [-0.2, -0.15) is 4.98 Å². The van der Waals surface area contributed by atoms with Crippen molar-refractivity contribution in [1.82, 2.24) is 9.97 Å². The standard InChI is InChI=1S/C13H16F2N4/c1-3-16-13-17-10-7-5-4-6-9(10)12(18-13)19(2)8-11(14)15/h4-7,11H,3,8H2,1-2H3,(H,16,17,18). The van der Waals surface area contributed by atoms with Gasteiger partial charge in [-0.15, -0.1) is 0 Å². The molecule has 0 aliphatic carbocycles. The second-order valence-electron chi connectivity index (χ2n) is 4.19. The summed E-state index contributed by atoms with van der Waals surface area (Å²) in [6.07, 6.45) is -2.40. The van der Waals surface area contributed by atoms with E-state index in [-0.39, 0.29) is 6.54 Å². The normalized spacial score (nSPS) is 11.0. The predicted molar refractivity (Wildman–Crippen MR) is 73.0 cm³/mol. The maximum absolute atomic E-state index is 12.5. The minimum atomic E-state index is -2.40. The van der Waals surface area contributed by atoms with Crippen LogP contribution in [-0.2, 0) is 0 Å². The molecule has 0 aliphatic rings. The monoisotopic (exact) mass is 266 g/mol. The van der Waals surface area contributed by atoms with Gasteiger partial charge in [0.15, 0.2) is 0 Å². The first-order valence-corrected chi connectivity index (χ1v) is 6.11. The molecule has 6 heteroatoms. The number of alkyl halides is 2. The highest BCUT2D eigenvalue weighted by atomic mass is 19.3. The molecule has 102 valence electrons. The van der Waals surface area contributed by atoms with Gasteiger partial charge in [0.1, 0.15) is 5.82 Å². The van der Waals surface area contributed by atoms with Crippen LogP contribution in [0.4, 0.5) is 20.5 Å². The Kier molecular flexibility index (Phi) is 4.09. The fourth-order valence-corrected chi connectivity index (χ4v) is 1.88. The van der Waals surface area contributed by atoms with Crippen molar-refractivity contribution in [2.24, 2.45) is 0 Å². The quantitative estimate of drug-likeness (QED) is 0.903. The Morgan fingerprint density at radius 3 is 2.68 bits per heavy atom. The van der Waals surface area contributed by atoms with E-state index in [0.29, 0.717) is 18.3 Å². The summed E-state index contributed by atoms with van der Waals surface area (Å²) in [5.74, 6) is 0.971. The SMILES string of the molecule is CCNc1nc(N(C)CC(F)F)c2ccccc2n1. The zero-order valence-electron chi connectivity index (χ0n) is 10.9. The fraction of sp³-hybridized carbons (Fsp3) is 0.385. The van der Waals surface area contributed by atoms with E-state index >= 15 is 0 Å². The highest BCUT2D eigenvalue weighted by Gasteiger charge is 2.14. The number of hydrogen-bond acceptors (Lipinski definition) is 4. The summed E-state index contributed by atoms with van der Waals surface area (Å²) in [6.45, 7) is 2.25. The van der Waals surface area contributed by atoms with Gasteiger partial charge in [-0.05, 0) is 19.1 Å². The topological polar surface area (TPSA) is 41.1 Å². The van der Waals surface area contributed by atoms with Gasteiger partial charge in [0.2, 0.25) is 5.95 Å². The predicted octanol–water partition coefficient (Wildman–Crippen LogP) is 2.76. The van der Waals surface area contributed by atoms with Crippen LogP contribution in [0.5, 0.6) is 0 Å². The van der Waals surface area contributed by atoms with Crippen molar-refractivity contribution in [2.75, 3.05) is 30.4 Å². The number of benzene rings is 1. The first kappa shape index (κ1) is 13.5. The largest absolute Gasteiger partial charge is 0.354 e. The number of hydrogen-bond donors (Lipinski definition) is 1. The molecule has 0 unspecified atom stereocenters. The van der Waals surface area contributed by atoms with E-state index in [1.54, 1.807) is 7.05 Å². The molecule has 2 rings (SSSR count). The van der Waals surface area contributed by atoms with Gasteiger partial charge >= 0.3 is 0 Å². The summed E-state index contributed by atoms with van der Waals surface area (Å²) in [6, 6.07) is 7.39. The Morgan fingerprint density at radius 1 is 1.26 bits per heavy atom. The van der Waals surface area contributed by atoms with E-state index in [4.69, 9.17) is 0 Å². The van der Waals surface area contributed by atoms with Gasteiger partial charge in [0, 0.05) is 19.0 Å². The molecule has 0 bridgehead atoms. The Hall–Kier alpha value is -1.98. The van der Waals surface area contributed by atoms with Gasteiger partial charge in [-0.25, -0.2) is 13.8 Å². The zero-order valence-corrected chi connectivity index (χ0v) is 10.9. The fourth-order valence-electron chi connectivity index (χ4n) is 1.88. The highest BCUT2D eigenvalue weighted by molar-refractivity contribution is 5.90. The van der Waals surface area contributed by atoms with Crippen molar-refractivity contribution < 1.29 is 8.78 Å². The Labute approximate surface area is 110 Å². The lowest BCUT2D eigenvalue weighted by Gasteiger charge is -2.20. The molecule has 1 aromatic heterocycles. The van der Waals surface area contributed by atoms with Crippen LogP contribution in [0.25, 0.3) is 10.9 Å². The van der Waals surface area contributed by atoms with E-state index in [2.05, 4.69) is 15.3 Å². The van der Waals surface area contributed by atoms with Gasteiger partial charge in [0.25, 0.3) is 6.43 Å². The summed E-state index contributed by atoms with van der Waals surface area (Å²) >= 11 is 0. The van der Waals surface area contributed by atoms with Gasteiger partial charge in [0.05, 0.1) is 12.1 Å². The maximum Gasteiger partial charge on any atom is 0.255 e. The molecule has 0 amide bonds. The van der Waals surface area contributed by atoms with E-state index < -0.39 is 6.43 Å². The van der Waals surface area contributed by atoms with Crippen molar-refractivity contribution in [3.8, 4) is 0 Å². The number of nitrogens with one attached hydrogen (secondary N) is 1. The first-order valence-electron chi connectivity index (χ1n) is 6.11. The number of halogens is 2. The number of fused-ring (bicyclic) bond motifs is 1. The second kappa shape index (κ2) is 5.77. The van der Waals surface area contributed by atoms with Crippen LogP contribution < -0.4 is 10.2 Å². The van der Waals surface area contributed by atoms with Gasteiger partial charge < -0.3 is 10.2 Å². The number of nitrogens with zero attached hydrogens (tertiary/aromatic N) is 3. The molecule has 0 spiro atoms. The third kappa shape index (κ3) is 3.07. The molecular formula is C13H16F2N4. The van der Waals surface area contributed by atoms with Crippen molar-refractivity contribution >= 4 is 22.7 Å². The van der Waals surface area contributed by atoms with E-state index in [1.165, 1.54) is 4.90 Å². The van der Waals surface area contributed by atoms with Crippen LogP contribution in [-0.4, -0.2) is 36.5 Å². The van der Waals surface area contributed by atoms with Crippen LogP contribution in [0.1, 0.15) is 6.92 Å². The third-order valence-electron chi connectivity index (χ3n) is 2.69. The minimum absolute atomic E-state index is 0.355. The maximum atomic E-state index is 12.5. The lowest BCUT2D eigenvalue weighted by molar-refractivity contribution is 0.156. The average Bonchev–Trinajstić information content (AvgIpc) is 2.37. The van der Waals surface area contributed by atoms with Crippen molar-refractivity contribution in [3.05, 3.63) is 24.3 Å². The average molecular weight is 266 g/mol. The molecule has 0 saturated carbocycles. The van der Waals surface area contributed by atoms with Crippen LogP contribution in [0.15, 0.2) is 24.3 Å². The molecule has 0 radical (unpaired) electrons. The van der Waals surface area contributed by atoms with Crippen LogP contribution >= 0.6 is 0 Å². The zero-order chi connectivity index (χ0) is 13.8. The summed E-state index contributed by atoms with van der Waals surface area (Å²) in [4.78, 5) is 10.1.